The highest BCUT2D eigenvalue weighted by Gasteiger charge is 2.38. The largest absolute Gasteiger partial charge is 0.356 e. The molecule has 0 spiro atoms. The normalized spacial score (nSPS) is 25.1. The molecular weight excluding hydrogens is 318 g/mol. The highest BCUT2D eigenvalue weighted by atomic mass is 32.1. The average molecular weight is 341 g/mol. The molecule has 0 aliphatic heterocycles. The molecule has 2 bridgehead atoms. The van der Waals surface area contributed by atoms with Crippen molar-refractivity contribution < 1.29 is 4.79 Å². The first-order valence-corrected chi connectivity index (χ1v) is 9.77. The molecule has 0 radical (unpaired) electrons. The summed E-state index contributed by atoms with van der Waals surface area (Å²) in [5.74, 6) is 2.85. The molecule has 2 aromatic heterocycles. The standard InChI is InChI=1S/C19H23N3OS/c23-18(21-7-5-15-9-13-3-4-14(15)8-13)10-17-12-24-19(22-17)16-2-1-6-20-11-16/h1-2,6,11-15H,3-5,7-10H2,(H,21,23). The third-order valence-electron chi connectivity index (χ3n) is 5.52. The van der Waals surface area contributed by atoms with Gasteiger partial charge in [-0.2, -0.15) is 0 Å². The number of thiazole rings is 1. The van der Waals surface area contributed by atoms with Gasteiger partial charge in [0.15, 0.2) is 0 Å². The molecule has 3 atom stereocenters. The van der Waals surface area contributed by atoms with E-state index in [1.54, 1.807) is 23.7 Å². The van der Waals surface area contributed by atoms with Crippen molar-refractivity contribution >= 4 is 17.2 Å². The number of pyridine rings is 1. The van der Waals surface area contributed by atoms with E-state index >= 15 is 0 Å². The number of rotatable bonds is 6. The number of carbonyl (C=O) groups is 1. The minimum absolute atomic E-state index is 0.0844. The van der Waals surface area contributed by atoms with E-state index in [0.29, 0.717) is 6.42 Å². The molecular formula is C19H23N3OS. The van der Waals surface area contributed by atoms with Gasteiger partial charge in [0.2, 0.25) is 5.91 Å². The van der Waals surface area contributed by atoms with Crippen LogP contribution in [0.2, 0.25) is 0 Å². The van der Waals surface area contributed by atoms with Crippen molar-refractivity contribution in [1.29, 1.82) is 0 Å². The van der Waals surface area contributed by atoms with Crippen LogP contribution in [0.5, 0.6) is 0 Å². The highest BCUT2D eigenvalue weighted by molar-refractivity contribution is 7.13. The van der Waals surface area contributed by atoms with Gasteiger partial charge in [-0.3, -0.25) is 9.78 Å². The number of amides is 1. The number of carbonyl (C=O) groups excluding carboxylic acids is 1. The van der Waals surface area contributed by atoms with Gasteiger partial charge in [-0.25, -0.2) is 4.98 Å². The van der Waals surface area contributed by atoms with E-state index in [1.165, 1.54) is 25.7 Å². The van der Waals surface area contributed by atoms with Gasteiger partial charge in [-0.1, -0.05) is 6.42 Å². The van der Waals surface area contributed by atoms with Crippen LogP contribution in [0.3, 0.4) is 0 Å². The minimum Gasteiger partial charge on any atom is -0.356 e. The third kappa shape index (κ3) is 3.51. The van der Waals surface area contributed by atoms with Crippen LogP contribution in [0.15, 0.2) is 29.9 Å². The van der Waals surface area contributed by atoms with Crippen molar-refractivity contribution in [2.24, 2.45) is 17.8 Å². The minimum atomic E-state index is 0.0844. The van der Waals surface area contributed by atoms with Gasteiger partial charge in [0.25, 0.3) is 0 Å². The smallest absolute Gasteiger partial charge is 0.226 e. The van der Waals surface area contributed by atoms with Crippen LogP contribution in [0.4, 0.5) is 0 Å². The van der Waals surface area contributed by atoms with E-state index in [9.17, 15) is 4.79 Å². The van der Waals surface area contributed by atoms with Gasteiger partial charge < -0.3 is 5.32 Å². The first-order valence-electron chi connectivity index (χ1n) is 8.89. The maximum absolute atomic E-state index is 12.1. The van der Waals surface area contributed by atoms with E-state index in [-0.39, 0.29) is 5.91 Å². The van der Waals surface area contributed by atoms with Gasteiger partial charge in [0.05, 0.1) is 12.1 Å². The van der Waals surface area contributed by atoms with Crippen LogP contribution in [-0.2, 0) is 11.2 Å². The molecule has 0 aromatic carbocycles. The third-order valence-corrected chi connectivity index (χ3v) is 6.46. The van der Waals surface area contributed by atoms with Crippen molar-refractivity contribution in [1.82, 2.24) is 15.3 Å². The molecule has 1 N–H and O–H groups in total. The number of nitrogens with one attached hydrogen (secondary N) is 1. The number of nitrogens with zero attached hydrogens (tertiary/aromatic N) is 2. The molecule has 24 heavy (non-hydrogen) atoms. The fourth-order valence-corrected chi connectivity index (χ4v) is 5.17. The first-order chi connectivity index (χ1) is 11.8. The zero-order valence-corrected chi connectivity index (χ0v) is 14.6. The summed E-state index contributed by atoms with van der Waals surface area (Å²) in [6.07, 6.45) is 10.8. The molecule has 2 saturated carbocycles. The molecule has 0 saturated heterocycles. The topological polar surface area (TPSA) is 54.9 Å². The highest BCUT2D eigenvalue weighted by Crippen LogP contribution is 2.49. The van der Waals surface area contributed by atoms with E-state index in [2.05, 4.69) is 15.3 Å². The van der Waals surface area contributed by atoms with E-state index in [1.807, 2.05) is 17.5 Å². The second-order valence-electron chi connectivity index (χ2n) is 7.14. The zero-order valence-electron chi connectivity index (χ0n) is 13.8. The summed E-state index contributed by atoms with van der Waals surface area (Å²) >= 11 is 1.57. The number of aromatic nitrogens is 2. The van der Waals surface area contributed by atoms with Crippen molar-refractivity contribution in [2.75, 3.05) is 6.54 Å². The van der Waals surface area contributed by atoms with Gasteiger partial charge >= 0.3 is 0 Å². The van der Waals surface area contributed by atoms with Crippen LogP contribution in [0.25, 0.3) is 10.6 Å². The Morgan fingerprint density at radius 2 is 2.29 bits per heavy atom. The summed E-state index contributed by atoms with van der Waals surface area (Å²) in [5, 5.41) is 5.97. The maximum Gasteiger partial charge on any atom is 0.226 e. The van der Waals surface area contributed by atoms with E-state index < -0.39 is 0 Å². The molecule has 2 fully saturated rings. The van der Waals surface area contributed by atoms with Gasteiger partial charge in [-0.15, -0.1) is 11.3 Å². The molecule has 1 amide bonds. The molecule has 4 rings (SSSR count). The Kier molecular flexibility index (Phi) is 4.60. The monoisotopic (exact) mass is 341 g/mol. The zero-order chi connectivity index (χ0) is 16.4. The summed E-state index contributed by atoms with van der Waals surface area (Å²) in [6.45, 7) is 0.812. The van der Waals surface area contributed by atoms with Crippen LogP contribution in [0.1, 0.15) is 37.8 Å². The molecule has 2 aliphatic rings. The molecule has 2 aliphatic carbocycles. The summed E-state index contributed by atoms with van der Waals surface area (Å²) < 4.78 is 0. The van der Waals surface area contributed by atoms with E-state index in [0.717, 1.165) is 47.0 Å². The summed E-state index contributed by atoms with van der Waals surface area (Å²) in [4.78, 5) is 20.8. The molecule has 3 unspecified atom stereocenters. The molecule has 2 aromatic rings. The Morgan fingerprint density at radius 1 is 1.33 bits per heavy atom. The second kappa shape index (κ2) is 7.01. The lowest BCUT2D eigenvalue weighted by molar-refractivity contribution is -0.120. The van der Waals surface area contributed by atoms with Gasteiger partial charge in [0.1, 0.15) is 5.01 Å². The van der Waals surface area contributed by atoms with Crippen molar-refractivity contribution in [3.8, 4) is 10.6 Å². The van der Waals surface area contributed by atoms with Crippen molar-refractivity contribution in [3.63, 3.8) is 0 Å². The molecule has 4 nitrogen and oxygen atoms in total. The number of hydrogen-bond donors (Lipinski definition) is 1. The predicted octanol–water partition coefficient (Wildman–Crippen LogP) is 3.69. The van der Waals surface area contributed by atoms with Crippen LogP contribution < -0.4 is 5.32 Å². The Balaban J connectivity index is 1.24. The summed E-state index contributed by atoms with van der Waals surface area (Å²) in [7, 11) is 0. The lowest BCUT2D eigenvalue weighted by atomic mass is 9.86. The Bertz CT molecular complexity index is 700. The number of hydrogen-bond acceptors (Lipinski definition) is 4. The van der Waals surface area contributed by atoms with Crippen LogP contribution in [-0.4, -0.2) is 22.4 Å². The fraction of sp³-hybridized carbons (Fsp3) is 0.526. The Morgan fingerprint density at radius 3 is 3.04 bits per heavy atom. The first kappa shape index (κ1) is 15.8. The fourth-order valence-electron chi connectivity index (χ4n) is 4.36. The Hall–Kier alpha value is -1.75. The number of fused-ring (bicyclic) bond motifs is 2. The quantitative estimate of drug-likeness (QED) is 0.872. The van der Waals surface area contributed by atoms with Crippen LogP contribution in [0, 0.1) is 17.8 Å². The van der Waals surface area contributed by atoms with Crippen LogP contribution >= 0.6 is 11.3 Å². The summed E-state index contributed by atoms with van der Waals surface area (Å²) in [5.41, 5.74) is 1.85. The average Bonchev–Trinajstić information content (AvgIpc) is 3.32. The van der Waals surface area contributed by atoms with Crippen molar-refractivity contribution in [2.45, 2.75) is 38.5 Å². The SMILES string of the molecule is O=C(Cc1csc(-c2cccnc2)n1)NCCC1CC2CCC1C2. The lowest BCUT2D eigenvalue weighted by Gasteiger charge is -2.21. The van der Waals surface area contributed by atoms with E-state index in [4.69, 9.17) is 0 Å². The van der Waals surface area contributed by atoms with Gasteiger partial charge in [-0.05, 0) is 55.6 Å². The molecule has 5 heteroatoms. The lowest BCUT2D eigenvalue weighted by Crippen LogP contribution is -2.28. The summed E-state index contributed by atoms with van der Waals surface area (Å²) in [6, 6.07) is 3.89. The predicted molar refractivity (Wildman–Crippen MR) is 95.6 cm³/mol. The van der Waals surface area contributed by atoms with Gasteiger partial charge in [0, 0.05) is 29.9 Å². The molecule has 2 heterocycles. The Labute approximate surface area is 146 Å². The second-order valence-corrected chi connectivity index (χ2v) is 7.99. The van der Waals surface area contributed by atoms with Crippen molar-refractivity contribution in [3.05, 3.63) is 35.6 Å². The molecule has 126 valence electrons. The maximum atomic E-state index is 12.1.